The second-order valence-corrected chi connectivity index (χ2v) is 12.7. The van der Waals surface area contributed by atoms with E-state index in [1.807, 2.05) is 25.1 Å². The lowest BCUT2D eigenvalue weighted by Gasteiger charge is -2.28. The van der Waals surface area contributed by atoms with Gasteiger partial charge in [-0.2, -0.15) is 4.90 Å². The van der Waals surface area contributed by atoms with Gasteiger partial charge in [-0.25, -0.2) is 19.4 Å². The van der Waals surface area contributed by atoms with E-state index < -0.39 is 29.5 Å². The minimum absolute atomic E-state index is 0.0532. The summed E-state index contributed by atoms with van der Waals surface area (Å²) in [7, 11) is 0. The van der Waals surface area contributed by atoms with Gasteiger partial charge >= 0.3 is 18.3 Å². The number of carbonyl (C=O) groups is 3. The predicted octanol–water partition coefficient (Wildman–Crippen LogP) is 5.10. The monoisotopic (exact) mass is 600 g/mol. The Morgan fingerprint density at radius 3 is 2.23 bits per heavy atom. The maximum absolute atomic E-state index is 13.2. The number of phenols is 1. The van der Waals surface area contributed by atoms with Crippen molar-refractivity contribution in [3.8, 4) is 5.75 Å². The highest BCUT2D eigenvalue weighted by Gasteiger charge is 2.37. The van der Waals surface area contributed by atoms with Gasteiger partial charge in [-0.1, -0.05) is 18.2 Å². The zero-order valence-electron chi connectivity index (χ0n) is 26.0. The number of carbonyl (C=O) groups excluding carboxylic acids is 2. The van der Waals surface area contributed by atoms with Crippen LogP contribution >= 0.6 is 0 Å². The number of aromatic hydroxyl groups is 1. The van der Waals surface area contributed by atoms with Crippen molar-refractivity contribution in [1.29, 1.82) is 0 Å². The van der Waals surface area contributed by atoms with Crippen LogP contribution in [0.25, 0.3) is 0 Å². The Morgan fingerprint density at radius 1 is 1.02 bits per heavy atom. The lowest BCUT2D eigenvalue weighted by molar-refractivity contribution is 0.0357. The molecule has 1 saturated heterocycles. The molecule has 0 spiro atoms. The molecule has 3 N–H and O–H groups in total. The summed E-state index contributed by atoms with van der Waals surface area (Å²) in [5.74, 6) is 0.0520. The lowest BCUT2D eigenvalue weighted by atomic mass is 9.98. The zero-order valence-corrected chi connectivity index (χ0v) is 26.0. The van der Waals surface area contributed by atoms with E-state index >= 15 is 0 Å². The first kappa shape index (κ1) is 33.6. The number of hydrogen-bond acceptors (Lipinski definition) is 9. The maximum atomic E-state index is 13.2. The van der Waals surface area contributed by atoms with Crippen molar-refractivity contribution >= 4 is 24.1 Å². The van der Waals surface area contributed by atoms with E-state index in [1.54, 1.807) is 59.7 Å². The van der Waals surface area contributed by atoms with Gasteiger partial charge in [0.2, 0.25) is 0 Å². The van der Waals surface area contributed by atoms with Crippen LogP contribution in [0.3, 0.4) is 0 Å². The summed E-state index contributed by atoms with van der Waals surface area (Å²) in [6, 6.07) is 10.5. The van der Waals surface area contributed by atoms with Crippen LogP contribution in [-0.2, 0) is 27.2 Å². The van der Waals surface area contributed by atoms with E-state index in [9.17, 15) is 24.6 Å². The third kappa shape index (κ3) is 10.4. The molecule has 0 radical (unpaired) electrons. The molecule has 0 aliphatic carbocycles. The second kappa shape index (κ2) is 14.0. The highest BCUT2D eigenvalue weighted by Crippen LogP contribution is 2.27. The topological polar surface area (TPSA) is 151 Å². The summed E-state index contributed by atoms with van der Waals surface area (Å²) in [5, 5.41) is 22.8. The molecule has 43 heavy (non-hydrogen) atoms. The number of nitrogens with one attached hydrogen (secondary N) is 1. The van der Waals surface area contributed by atoms with E-state index in [4.69, 9.17) is 14.2 Å². The fraction of sp³-hybridized carbons (Fsp3) is 0.548. The number of ether oxygens (including phenoxy) is 3. The first-order chi connectivity index (χ1) is 20.0. The number of pyridine rings is 1. The fourth-order valence-electron chi connectivity index (χ4n) is 4.63. The summed E-state index contributed by atoms with van der Waals surface area (Å²) < 4.78 is 17.1. The molecule has 236 valence electrons. The van der Waals surface area contributed by atoms with Crippen molar-refractivity contribution in [2.24, 2.45) is 5.92 Å². The summed E-state index contributed by atoms with van der Waals surface area (Å²) in [6.07, 6.45) is -2.90. The number of benzene rings is 1. The molecule has 1 fully saturated rings. The van der Waals surface area contributed by atoms with Crippen molar-refractivity contribution in [3.05, 3.63) is 53.2 Å². The van der Waals surface area contributed by atoms with Crippen LogP contribution < -0.4 is 10.2 Å². The Morgan fingerprint density at radius 2 is 1.65 bits per heavy atom. The molecule has 1 aromatic carbocycles. The minimum atomic E-state index is -1.03. The van der Waals surface area contributed by atoms with Crippen molar-refractivity contribution < 1.29 is 38.8 Å². The molecule has 0 bridgehead atoms. The molecule has 2 unspecified atom stereocenters. The number of carboxylic acid groups (broad SMARTS) is 1. The molecule has 12 heteroatoms. The number of likely N-dealkylation sites (tertiary alicyclic amines) is 1. The molecule has 1 aliphatic rings. The Labute approximate surface area is 252 Å². The molecule has 2 atom stereocenters. The number of anilines is 1. The van der Waals surface area contributed by atoms with Gasteiger partial charge in [-0.3, -0.25) is 0 Å². The number of aryl methyl sites for hydroxylation is 1. The Hall–Kier alpha value is -3.90. The number of imide groups is 1. The number of phenolic OH excluding ortho intramolecular Hbond substituents is 1. The van der Waals surface area contributed by atoms with Crippen molar-refractivity contribution in [2.45, 2.75) is 78.7 Å². The van der Waals surface area contributed by atoms with Crippen LogP contribution in [0.15, 0.2) is 36.4 Å². The molecule has 12 nitrogen and oxygen atoms in total. The van der Waals surface area contributed by atoms with Crippen LogP contribution in [0.1, 0.15) is 58.4 Å². The van der Waals surface area contributed by atoms with Crippen molar-refractivity contribution in [3.63, 3.8) is 0 Å². The highest BCUT2D eigenvalue weighted by atomic mass is 16.6. The van der Waals surface area contributed by atoms with Gasteiger partial charge in [0.1, 0.15) is 22.8 Å². The first-order valence-electron chi connectivity index (χ1n) is 14.3. The third-order valence-electron chi connectivity index (χ3n) is 6.43. The summed E-state index contributed by atoms with van der Waals surface area (Å²) in [4.78, 5) is 44.8. The number of amides is 3. The Balaban J connectivity index is 1.76. The number of rotatable bonds is 9. The highest BCUT2D eigenvalue weighted by molar-refractivity contribution is 6.08. The smallest absolute Gasteiger partial charge is 0.425 e. The Kier molecular flexibility index (Phi) is 11.0. The second-order valence-electron chi connectivity index (χ2n) is 12.7. The van der Waals surface area contributed by atoms with Crippen molar-refractivity contribution in [2.75, 3.05) is 31.1 Å². The van der Waals surface area contributed by atoms with Gasteiger partial charge in [0, 0.05) is 36.8 Å². The van der Waals surface area contributed by atoms with Gasteiger partial charge in [0.05, 0.1) is 19.3 Å². The SMILES string of the molecule is Cc1cc(CC2CN(C(=O)O)CC2OCCNCc2ccccc2O)nc(N(C(=O)OC(C)(C)C)C(=O)OC(C)(C)C)c1. The van der Waals surface area contributed by atoms with Gasteiger partial charge in [-0.05, 0) is 78.6 Å². The van der Waals surface area contributed by atoms with Gasteiger partial charge in [0.25, 0.3) is 0 Å². The predicted molar refractivity (Wildman–Crippen MR) is 160 cm³/mol. The number of nitrogens with zero attached hydrogens (tertiary/aromatic N) is 3. The molecule has 2 heterocycles. The number of para-hydroxylation sites is 1. The fourth-order valence-corrected chi connectivity index (χ4v) is 4.63. The summed E-state index contributed by atoms with van der Waals surface area (Å²) in [5.41, 5.74) is 0.350. The molecule has 3 rings (SSSR count). The quantitative estimate of drug-likeness (QED) is 0.332. The summed E-state index contributed by atoms with van der Waals surface area (Å²) >= 11 is 0. The maximum Gasteiger partial charge on any atom is 0.425 e. The molecular weight excluding hydrogens is 556 g/mol. The largest absolute Gasteiger partial charge is 0.508 e. The van der Waals surface area contributed by atoms with E-state index in [1.165, 1.54) is 4.90 Å². The average Bonchev–Trinajstić information content (AvgIpc) is 3.25. The van der Waals surface area contributed by atoms with Gasteiger partial charge in [-0.15, -0.1) is 0 Å². The van der Waals surface area contributed by atoms with Crippen LogP contribution in [-0.4, -0.2) is 81.9 Å². The molecule has 2 aromatic rings. The first-order valence-corrected chi connectivity index (χ1v) is 14.3. The normalized spacial score (nSPS) is 17.0. The van der Waals surface area contributed by atoms with E-state index in [0.717, 1.165) is 16.0 Å². The summed E-state index contributed by atoms with van der Waals surface area (Å²) in [6.45, 7) is 13.8. The zero-order chi connectivity index (χ0) is 31.9. The Bertz CT molecular complexity index is 1260. The number of hydrogen-bond donors (Lipinski definition) is 3. The molecule has 0 saturated carbocycles. The van der Waals surface area contributed by atoms with Crippen molar-refractivity contribution in [1.82, 2.24) is 15.2 Å². The third-order valence-corrected chi connectivity index (χ3v) is 6.43. The molecule has 1 aromatic heterocycles. The average molecular weight is 601 g/mol. The molecular formula is C31H44N4O8. The standard InChI is InChI=1S/C31H44N4O8/c1-20-14-23(33-26(15-20)35(28(39)42-30(2,3)4)29(40)43-31(5,6)7)16-22-18-34(27(37)38)19-25(22)41-13-12-32-17-21-10-8-9-11-24(21)36/h8-11,14-15,22,25,32,36H,12-13,16-19H2,1-7H3,(H,37,38). The lowest BCUT2D eigenvalue weighted by Crippen LogP contribution is -2.44. The molecule has 3 amide bonds. The van der Waals surface area contributed by atoms with Gasteiger partial charge < -0.3 is 34.6 Å². The van der Waals surface area contributed by atoms with Crippen LogP contribution in [0, 0.1) is 12.8 Å². The minimum Gasteiger partial charge on any atom is -0.508 e. The number of aromatic nitrogens is 1. The van der Waals surface area contributed by atoms with Crippen LogP contribution in [0.2, 0.25) is 0 Å². The van der Waals surface area contributed by atoms with Crippen LogP contribution in [0.5, 0.6) is 5.75 Å². The van der Waals surface area contributed by atoms with E-state index in [-0.39, 0.29) is 36.7 Å². The van der Waals surface area contributed by atoms with E-state index in [2.05, 4.69) is 10.3 Å². The molecule has 1 aliphatic heterocycles. The van der Waals surface area contributed by atoms with Gasteiger partial charge in [0.15, 0.2) is 0 Å². The van der Waals surface area contributed by atoms with E-state index in [0.29, 0.717) is 31.8 Å². The van der Waals surface area contributed by atoms with Crippen LogP contribution in [0.4, 0.5) is 20.2 Å².